The highest BCUT2D eigenvalue weighted by atomic mass is 19.1. The molecule has 0 saturated carbocycles. The van der Waals surface area contributed by atoms with Gasteiger partial charge in [0.05, 0.1) is 23.6 Å². The molecule has 1 N–H and O–H groups in total. The topological polar surface area (TPSA) is 103 Å². The van der Waals surface area contributed by atoms with Crippen LogP contribution in [0.2, 0.25) is 0 Å². The highest BCUT2D eigenvalue weighted by Crippen LogP contribution is 2.35. The molecule has 0 bridgehead atoms. The van der Waals surface area contributed by atoms with Gasteiger partial charge in [-0.3, -0.25) is 18.7 Å². The molecule has 0 radical (unpaired) electrons. The van der Waals surface area contributed by atoms with Crippen molar-refractivity contribution in [1.29, 1.82) is 0 Å². The van der Waals surface area contributed by atoms with Crippen LogP contribution in [0.4, 0.5) is 4.39 Å². The largest absolute Gasteiger partial charge is 0.458 e. The van der Waals surface area contributed by atoms with Crippen molar-refractivity contribution in [2.24, 2.45) is 7.05 Å². The number of aliphatic hydroxyl groups is 1. The van der Waals surface area contributed by atoms with Gasteiger partial charge in [0, 0.05) is 31.1 Å². The van der Waals surface area contributed by atoms with E-state index in [9.17, 15) is 23.9 Å². The summed E-state index contributed by atoms with van der Waals surface area (Å²) < 4.78 is 21.6. The van der Waals surface area contributed by atoms with Crippen molar-refractivity contribution >= 4 is 23.1 Å². The van der Waals surface area contributed by atoms with Crippen molar-refractivity contribution in [1.82, 2.24) is 14.1 Å². The third-order valence-corrected chi connectivity index (χ3v) is 6.20. The second kappa shape index (κ2) is 9.58. The number of benzene rings is 1. The van der Waals surface area contributed by atoms with Crippen molar-refractivity contribution in [2.45, 2.75) is 58.3 Å². The van der Waals surface area contributed by atoms with Crippen molar-refractivity contribution in [2.75, 3.05) is 0 Å². The van der Waals surface area contributed by atoms with Crippen LogP contribution >= 0.6 is 0 Å². The van der Waals surface area contributed by atoms with E-state index in [2.05, 4.69) is 0 Å². The molecule has 0 amide bonds. The molecule has 0 aliphatic carbocycles. The van der Waals surface area contributed by atoms with Crippen LogP contribution in [-0.4, -0.2) is 37.4 Å². The lowest BCUT2D eigenvalue weighted by atomic mass is 9.91. The number of halogens is 1. The zero-order valence-corrected chi connectivity index (χ0v) is 20.1. The predicted molar refractivity (Wildman–Crippen MR) is 131 cm³/mol. The first-order chi connectivity index (χ1) is 16.6. The van der Waals surface area contributed by atoms with E-state index in [1.807, 2.05) is 13.8 Å². The van der Waals surface area contributed by atoms with Gasteiger partial charge in [-0.15, -0.1) is 0 Å². The summed E-state index contributed by atoms with van der Waals surface area (Å²) in [5.41, 5.74) is 1.62. The maximum atomic E-state index is 13.8. The minimum atomic E-state index is -0.798. The van der Waals surface area contributed by atoms with Gasteiger partial charge in [0.25, 0.3) is 5.56 Å². The van der Waals surface area contributed by atoms with Crippen LogP contribution in [0.5, 0.6) is 0 Å². The number of hydrogen-bond acceptors (Lipinski definition) is 6. The number of rotatable bonds is 5. The minimum Gasteiger partial charge on any atom is -0.458 e. The van der Waals surface area contributed by atoms with Crippen LogP contribution in [0, 0.1) is 5.82 Å². The minimum absolute atomic E-state index is 0.0511. The van der Waals surface area contributed by atoms with Gasteiger partial charge in [-0.2, -0.15) is 0 Å². The highest BCUT2D eigenvalue weighted by Gasteiger charge is 2.27. The van der Waals surface area contributed by atoms with Gasteiger partial charge < -0.3 is 9.84 Å². The Bertz CT molecular complexity index is 1440. The quantitative estimate of drug-likeness (QED) is 0.562. The van der Waals surface area contributed by atoms with E-state index < -0.39 is 35.2 Å². The fourth-order valence-electron chi connectivity index (χ4n) is 4.47. The maximum Gasteiger partial charge on any atom is 0.332 e. The number of pyridine rings is 1. The van der Waals surface area contributed by atoms with Crippen molar-refractivity contribution in [3.8, 4) is 11.1 Å². The van der Waals surface area contributed by atoms with Gasteiger partial charge in [0.1, 0.15) is 11.9 Å². The van der Waals surface area contributed by atoms with Crippen LogP contribution in [-0.2, 0) is 23.1 Å². The van der Waals surface area contributed by atoms with Gasteiger partial charge in [-0.25, -0.2) is 14.2 Å². The van der Waals surface area contributed by atoms with Crippen molar-refractivity contribution in [3.05, 3.63) is 68.3 Å². The normalized spacial score (nSPS) is 18.5. The Kier molecular flexibility index (Phi) is 6.71. The summed E-state index contributed by atoms with van der Waals surface area (Å²) in [6.07, 6.45) is 2.16. The molecule has 1 saturated heterocycles. The second-order valence-electron chi connectivity index (χ2n) is 9.02. The Hall–Kier alpha value is -3.59. The number of nitrogens with zero attached hydrogens (tertiary/aromatic N) is 3. The lowest BCUT2D eigenvalue weighted by Gasteiger charge is -2.24. The Morgan fingerprint density at radius 2 is 1.91 bits per heavy atom. The summed E-state index contributed by atoms with van der Waals surface area (Å²) in [5.74, 6) is -1.00. The Morgan fingerprint density at radius 1 is 1.23 bits per heavy atom. The van der Waals surface area contributed by atoms with E-state index in [0.717, 1.165) is 4.57 Å². The zero-order valence-electron chi connectivity index (χ0n) is 20.1. The molecule has 1 aliphatic rings. The third kappa shape index (κ3) is 4.55. The molecule has 4 rings (SSSR count). The van der Waals surface area contributed by atoms with E-state index in [1.165, 1.54) is 23.7 Å². The van der Waals surface area contributed by atoms with Crippen molar-refractivity contribution < 1.29 is 19.0 Å². The number of carbonyl (C=O) groups is 1. The molecule has 2 aromatic heterocycles. The van der Waals surface area contributed by atoms with Crippen LogP contribution in [0.3, 0.4) is 0 Å². The van der Waals surface area contributed by atoms with Crippen molar-refractivity contribution in [3.63, 3.8) is 0 Å². The summed E-state index contributed by atoms with van der Waals surface area (Å²) in [6.45, 7) is 6.00. The molecule has 8 nitrogen and oxygen atoms in total. The van der Waals surface area contributed by atoms with Gasteiger partial charge in [-0.05, 0) is 36.6 Å². The zero-order chi connectivity index (χ0) is 25.4. The molecule has 0 spiro atoms. The molecule has 184 valence electrons. The monoisotopic (exact) mass is 481 g/mol. The highest BCUT2D eigenvalue weighted by molar-refractivity contribution is 5.97. The standard InChI is InChI=1S/C26H28FN3O5/c1-5-30-24-22(25(33)29(4)26(30)34)21(15-6-8-16(27)9-7-15)19(23(28-24)14(2)3)11-10-18-12-17(31)13-20(32)35-18/h6-11,14,17-18,31H,5,12-13H2,1-4H3/b11-10+. The Balaban J connectivity index is 2.10. The maximum absolute atomic E-state index is 13.8. The molecule has 2 atom stereocenters. The second-order valence-corrected chi connectivity index (χ2v) is 9.02. The number of aliphatic hydroxyl groups excluding tert-OH is 1. The summed E-state index contributed by atoms with van der Waals surface area (Å²) in [6, 6.07) is 5.78. The van der Waals surface area contributed by atoms with Crippen LogP contribution in [0.15, 0.2) is 39.9 Å². The van der Waals surface area contributed by atoms with E-state index in [4.69, 9.17) is 9.72 Å². The number of fused-ring (bicyclic) bond motifs is 1. The van der Waals surface area contributed by atoms with E-state index >= 15 is 0 Å². The first-order valence-corrected chi connectivity index (χ1v) is 11.6. The SMILES string of the molecule is CCn1c(=O)n(C)c(=O)c2c(-c3ccc(F)cc3)c(/C=C/C3CC(O)CC(=O)O3)c(C(C)C)nc21. The van der Waals surface area contributed by atoms with E-state index in [-0.39, 0.29) is 29.8 Å². The fourth-order valence-corrected chi connectivity index (χ4v) is 4.47. The summed E-state index contributed by atoms with van der Waals surface area (Å²) in [4.78, 5) is 42.8. The number of ether oxygens (including phenoxy) is 1. The van der Waals surface area contributed by atoms with Gasteiger partial charge in [0.2, 0.25) is 0 Å². The molecular weight excluding hydrogens is 453 g/mol. The van der Waals surface area contributed by atoms with Gasteiger partial charge in [-0.1, -0.05) is 32.1 Å². The van der Waals surface area contributed by atoms with Crippen LogP contribution in [0.25, 0.3) is 28.2 Å². The number of aromatic nitrogens is 3. The molecule has 1 aliphatic heterocycles. The summed E-state index contributed by atoms with van der Waals surface area (Å²) in [5, 5.41) is 10.2. The molecule has 9 heteroatoms. The fraction of sp³-hybridized carbons (Fsp3) is 0.385. The average molecular weight is 482 g/mol. The molecule has 2 unspecified atom stereocenters. The lowest BCUT2D eigenvalue weighted by molar-refractivity contribution is -0.156. The number of aryl methyl sites for hydroxylation is 1. The summed E-state index contributed by atoms with van der Waals surface area (Å²) >= 11 is 0. The van der Waals surface area contributed by atoms with Crippen LogP contribution in [0.1, 0.15) is 50.8 Å². The smallest absolute Gasteiger partial charge is 0.332 e. The molecule has 3 heterocycles. The van der Waals surface area contributed by atoms with Gasteiger partial charge >= 0.3 is 11.7 Å². The summed E-state index contributed by atoms with van der Waals surface area (Å²) in [7, 11) is 1.42. The number of carbonyl (C=O) groups excluding carboxylic acids is 1. The van der Waals surface area contributed by atoms with E-state index in [1.54, 1.807) is 31.2 Å². The Labute approximate surface area is 201 Å². The Morgan fingerprint density at radius 3 is 2.51 bits per heavy atom. The van der Waals surface area contributed by atoms with E-state index in [0.29, 0.717) is 28.9 Å². The first kappa shape index (κ1) is 24.5. The first-order valence-electron chi connectivity index (χ1n) is 11.6. The third-order valence-electron chi connectivity index (χ3n) is 6.20. The number of cyclic esters (lactones) is 1. The predicted octanol–water partition coefficient (Wildman–Crippen LogP) is 3.12. The molecule has 35 heavy (non-hydrogen) atoms. The van der Waals surface area contributed by atoms with Gasteiger partial charge in [0.15, 0.2) is 5.65 Å². The van der Waals surface area contributed by atoms with Crippen LogP contribution < -0.4 is 11.2 Å². The number of hydrogen-bond donors (Lipinski definition) is 1. The average Bonchev–Trinajstić information content (AvgIpc) is 2.81. The number of esters is 1. The molecular formula is C26H28FN3O5. The molecule has 3 aromatic rings. The molecule has 1 fully saturated rings. The molecule has 1 aromatic carbocycles. The lowest BCUT2D eigenvalue weighted by Crippen LogP contribution is -2.38.